The summed E-state index contributed by atoms with van der Waals surface area (Å²) >= 11 is 9.37. The summed E-state index contributed by atoms with van der Waals surface area (Å²) in [5.74, 6) is 0.0129. The summed E-state index contributed by atoms with van der Waals surface area (Å²) in [5.41, 5.74) is 0.757. The van der Waals surface area contributed by atoms with Crippen molar-refractivity contribution in [3.8, 4) is 0 Å². The third-order valence-electron chi connectivity index (χ3n) is 2.11. The van der Waals surface area contributed by atoms with Crippen molar-refractivity contribution in [2.75, 3.05) is 19.4 Å². The lowest BCUT2D eigenvalue weighted by Gasteiger charge is -2.19. The number of hydrogen-bond donors (Lipinski definition) is 1. The van der Waals surface area contributed by atoms with Crippen molar-refractivity contribution < 1.29 is 4.79 Å². The van der Waals surface area contributed by atoms with E-state index in [1.54, 1.807) is 32.0 Å². The minimum atomic E-state index is -0.298. The maximum Gasteiger partial charge on any atom is 0.244 e. The average Bonchev–Trinajstić information content (AvgIpc) is 2.20. The predicted molar refractivity (Wildman–Crippen MR) is 70.9 cm³/mol. The molecule has 1 aromatic carbocycles. The van der Waals surface area contributed by atoms with Gasteiger partial charge >= 0.3 is 0 Å². The Hall–Kier alpha value is -0.740. The van der Waals surface area contributed by atoms with Crippen LogP contribution in [0.4, 0.5) is 5.69 Å². The molecule has 1 amide bonds. The molecule has 0 saturated carbocycles. The van der Waals surface area contributed by atoms with Gasteiger partial charge < -0.3 is 10.2 Å². The van der Waals surface area contributed by atoms with Crippen LogP contribution in [0, 0.1) is 0 Å². The van der Waals surface area contributed by atoms with Crippen molar-refractivity contribution in [1.82, 2.24) is 4.90 Å². The first kappa shape index (κ1) is 13.3. The molecular weight excluding hydrogens is 291 g/mol. The lowest BCUT2D eigenvalue weighted by molar-refractivity contribution is -0.129. The maximum absolute atomic E-state index is 11.6. The molecule has 0 aliphatic rings. The molecule has 16 heavy (non-hydrogen) atoms. The zero-order chi connectivity index (χ0) is 12.3. The largest absolute Gasteiger partial charge is 0.373 e. The maximum atomic E-state index is 11.6. The molecule has 88 valence electrons. The summed E-state index contributed by atoms with van der Waals surface area (Å²) in [6.07, 6.45) is 0. The molecule has 0 spiro atoms. The number of anilines is 1. The number of amides is 1. The number of nitrogens with zero attached hydrogens (tertiary/aromatic N) is 1. The zero-order valence-corrected chi connectivity index (χ0v) is 11.8. The van der Waals surface area contributed by atoms with Gasteiger partial charge in [0.05, 0.1) is 10.7 Å². The number of carbonyl (C=O) groups excluding carboxylic acids is 1. The Kier molecular flexibility index (Phi) is 4.62. The molecule has 1 N–H and O–H groups in total. The first-order chi connectivity index (χ1) is 7.41. The molecule has 0 aliphatic heterocycles. The molecule has 1 rings (SSSR count). The molecule has 0 saturated heterocycles. The molecule has 0 bridgehead atoms. The van der Waals surface area contributed by atoms with Crippen molar-refractivity contribution in [2.45, 2.75) is 13.0 Å². The summed E-state index contributed by atoms with van der Waals surface area (Å²) in [7, 11) is 3.45. The van der Waals surface area contributed by atoms with Gasteiger partial charge in [-0.05, 0) is 25.1 Å². The van der Waals surface area contributed by atoms with Crippen molar-refractivity contribution in [3.05, 3.63) is 27.7 Å². The van der Waals surface area contributed by atoms with Crippen LogP contribution in [0.25, 0.3) is 0 Å². The van der Waals surface area contributed by atoms with E-state index < -0.39 is 0 Å². The van der Waals surface area contributed by atoms with Gasteiger partial charge in [-0.1, -0.05) is 27.5 Å². The number of rotatable bonds is 3. The van der Waals surface area contributed by atoms with Crippen molar-refractivity contribution in [3.63, 3.8) is 0 Å². The van der Waals surface area contributed by atoms with E-state index in [0.29, 0.717) is 5.02 Å². The Bertz CT molecular complexity index is 396. The van der Waals surface area contributed by atoms with E-state index in [-0.39, 0.29) is 11.9 Å². The van der Waals surface area contributed by atoms with E-state index in [9.17, 15) is 4.79 Å². The van der Waals surface area contributed by atoms with Gasteiger partial charge in [-0.2, -0.15) is 0 Å². The van der Waals surface area contributed by atoms with Gasteiger partial charge in [0.1, 0.15) is 6.04 Å². The number of nitrogens with one attached hydrogen (secondary N) is 1. The first-order valence-corrected chi connectivity index (χ1v) is 6.01. The Morgan fingerprint density at radius 2 is 2.12 bits per heavy atom. The number of benzene rings is 1. The highest BCUT2D eigenvalue weighted by Gasteiger charge is 2.15. The fraction of sp³-hybridized carbons (Fsp3) is 0.364. The normalized spacial score (nSPS) is 12.1. The quantitative estimate of drug-likeness (QED) is 0.931. The smallest absolute Gasteiger partial charge is 0.244 e. The summed E-state index contributed by atoms with van der Waals surface area (Å²) in [5, 5.41) is 3.67. The summed E-state index contributed by atoms with van der Waals surface area (Å²) in [6.45, 7) is 1.81. The second-order valence-corrected chi connectivity index (χ2v) is 5.05. The van der Waals surface area contributed by atoms with E-state index in [1.807, 2.05) is 12.1 Å². The molecule has 5 heteroatoms. The number of likely N-dealkylation sites (N-methyl/N-ethyl adjacent to an activating group) is 1. The van der Waals surface area contributed by atoms with Gasteiger partial charge in [0.2, 0.25) is 5.91 Å². The predicted octanol–water partition coefficient (Wildman–Crippen LogP) is 2.99. The first-order valence-electron chi connectivity index (χ1n) is 4.84. The van der Waals surface area contributed by atoms with E-state index in [0.717, 1.165) is 10.2 Å². The second-order valence-electron chi connectivity index (χ2n) is 3.72. The van der Waals surface area contributed by atoms with Crippen LogP contribution in [0.3, 0.4) is 0 Å². The molecule has 1 atom stereocenters. The van der Waals surface area contributed by atoms with E-state index >= 15 is 0 Å². The van der Waals surface area contributed by atoms with Crippen LogP contribution in [0.5, 0.6) is 0 Å². The van der Waals surface area contributed by atoms with E-state index in [1.165, 1.54) is 0 Å². The van der Waals surface area contributed by atoms with Gasteiger partial charge in [-0.15, -0.1) is 0 Å². The van der Waals surface area contributed by atoms with Crippen LogP contribution in [-0.4, -0.2) is 30.9 Å². The highest BCUT2D eigenvalue weighted by atomic mass is 79.9. The monoisotopic (exact) mass is 304 g/mol. The Labute approximate surface area is 109 Å². The summed E-state index contributed by atoms with van der Waals surface area (Å²) < 4.78 is 0.912. The van der Waals surface area contributed by atoms with Crippen LogP contribution in [0.1, 0.15) is 6.92 Å². The number of hydrogen-bond acceptors (Lipinski definition) is 2. The standard InChI is InChI=1S/C11H14BrClN2O/c1-7(11(16)15(2)3)14-10-5-4-8(12)6-9(10)13/h4-7,14H,1-3H3. The second kappa shape index (κ2) is 5.55. The van der Waals surface area contributed by atoms with Gasteiger partial charge in [0, 0.05) is 18.6 Å². The lowest BCUT2D eigenvalue weighted by atomic mass is 10.2. The summed E-state index contributed by atoms with van der Waals surface area (Å²) in [6, 6.07) is 5.21. The third-order valence-corrected chi connectivity index (χ3v) is 2.92. The van der Waals surface area contributed by atoms with Crippen molar-refractivity contribution >= 4 is 39.1 Å². The minimum absolute atomic E-state index is 0.0129. The van der Waals surface area contributed by atoms with Gasteiger partial charge in [0.15, 0.2) is 0 Å². The molecule has 0 aromatic heterocycles. The van der Waals surface area contributed by atoms with Gasteiger partial charge in [0.25, 0.3) is 0 Å². The Morgan fingerprint density at radius 3 is 2.62 bits per heavy atom. The number of carbonyl (C=O) groups is 1. The van der Waals surface area contributed by atoms with Crippen LogP contribution in [0.2, 0.25) is 5.02 Å². The molecule has 1 aromatic rings. The van der Waals surface area contributed by atoms with Crippen LogP contribution in [0.15, 0.2) is 22.7 Å². The topological polar surface area (TPSA) is 32.3 Å². The Balaban J connectivity index is 2.77. The molecule has 0 heterocycles. The molecule has 1 unspecified atom stereocenters. The molecule has 0 radical (unpaired) electrons. The SMILES string of the molecule is CC(Nc1ccc(Br)cc1Cl)C(=O)N(C)C. The van der Waals surface area contributed by atoms with Crippen molar-refractivity contribution in [2.24, 2.45) is 0 Å². The summed E-state index contributed by atoms with van der Waals surface area (Å²) in [4.78, 5) is 13.2. The van der Waals surface area contributed by atoms with Gasteiger partial charge in [-0.25, -0.2) is 0 Å². The fourth-order valence-corrected chi connectivity index (χ4v) is 2.02. The highest BCUT2D eigenvalue weighted by molar-refractivity contribution is 9.10. The zero-order valence-electron chi connectivity index (χ0n) is 9.42. The lowest BCUT2D eigenvalue weighted by Crippen LogP contribution is -2.36. The van der Waals surface area contributed by atoms with Crippen LogP contribution in [-0.2, 0) is 4.79 Å². The van der Waals surface area contributed by atoms with E-state index in [4.69, 9.17) is 11.6 Å². The fourth-order valence-electron chi connectivity index (χ4n) is 1.29. The average molecular weight is 306 g/mol. The molecule has 3 nitrogen and oxygen atoms in total. The highest BCUT2D eigenvalue weighted by Crippen LogP contribution is 2.26. The molecule has 0 fully saturated rings. The van der Waals surface area contributed by atoms with Crippen LogP contribution < -0.4 is 5.32 Å². The van der Waals surface area contributed by atoms with Crippen LogP contribution >= 0.6 is 27.5 Å². The van der Waals surface area contributed by atoms with Gasteiger partial charge in [-0.3, -0.25) is 4.79 Å². The Morgan fingerprint density at radius 1 is 1.50 bits per heavy atom. The number of halogens is 2. The van der Waals surface area contributed by atoms with E-state index in [2.05, 4.69) is 21.2 Å². The minimum Gasteiger partial charge on any atom is -0.373 e. The molecule has 0 aliphatic carbocycles. The van der Waals surface area contributed by atoms with Crippen molar-refractivity contribution in [1.29, 1.82) is 0 Å². The third kappa shape index (κ3) is 3.39. The molecular formula is C11H14BrClN2O.